The SMILES string of the molecule is CC(C)(CC(=O)O)Cc1noc(CCCCNc2ccccn2)n1. The maximum Gasteiger partial charge on any atom is 0.303 e. The fourth-order valence-electron chi connectivity index (χ4n) is 2.45. The minimum atomic E-state index is -0.816. The van der Waals surface area contributed by atoms with Crippen molar-refractivity contribution in [3.05, 3.63) is 36.1 Å². The van der Waals surface area contributed by atoms with E-state index in [1.165, 1.54) is 0 Å². The molecule has 0 aliphatic heterocycles. The molecule has 2 aromatic rings. The lowest BCUT2D eigenvalue weighted by Gasteiger charge is -2.19. The molecule has 0 bridgehead atoms. The Bertz CT molecular complexity index is 640. The zero-order chi connectivity index (χ0) is 17.4. The highest BCUT2D eigenvalue weighted by molar-refractivity contribution is 5.67. The summed E-state index contributed by atoms with van der Waals surface area (Å²) in [6.45, 7) is 4.62. The number of aromatic nitrogens is 3. The number of aryl methyl sites for hydroxylation is 1. The van der Waals surface area contributed by atoms with Crippen LogP contribution in [0.25, 0.3) is 0 Å². The maximum atomic E-state index is 10.8. The monoisotopic (exact) mass is 332 g/mol. The van der Waals surface area contributed by atoms with Crippen molar-refractivity contribution < 1.29 is 14.4 Å². The molecule has 0 amide bonds. The highest BCUT2D eigenvalue weighted by Gasteiger charge is 2.24. The molecule has 2 aromatic heterocycles. The third-order valence-electron chi connectivity index (χ3n) is 3.57. The lowest BCUT2D eigenvalue weighted by atomic mass is 9.85. The van der Waals surface area contributed by atoms with Crippen molar-refractivity contribution in [1.29, 1.82) is 0 Å². The van der Waals surface area contributed by atoms with Gasteiger partial charge in [-0.2, -0.15) is 4.98 Å². The van der Waals surface area contributed by atoms with Crippen molar-refractivity contribution in [3.8, 4) is 0 Å². The Labute approximate surface area is 141 Å². The van der Waals surface area contributed by atoms with E-state index >= 15 is 0 Å². The van der Waals surface area contributed by atoms with Gasteiger partial charge in [-0.1, -0.05) is 25.1 Å². The first-order valence-electron chi connectivity index (χ1n) is 8.13. The van der Waals surface area contributed by atoms with Crippen LogP contribution in [0.3, 0.4) is 0 Å². The van der Waals surface area contributed by atoms with Crippen LogP contribution in [0.2, 0.25) is 0 Å². The zero-order valence-electron chi connectivity index (χ0n) is 14.2. The molecule has 0 saturated carbocycles. The molecule has 7 nitrogen and oxygen atoms in total. The van der Waals surface area contributed by atoms with Crippen LogP contribution in [-0.2, 0) is 17.6 Å². The second-order valence-electron chi connectivity index (χ2n) is 6.61. The maximum absolute atomic E-state index is 10.8. The quantitative estimate of drug-likeness (QED) is 0.645. The molecule has 2 rings (SSSR count). The van der Waals surface area contributed by atoms with E-state index in [0.29, 0.717) is 18.1 Å². The molecule has 0 aliphatic carbocycles. The number of anilines is 1. The summed E-state index contributed by atoms with van der Waals surface area (Å²) < 4.78 is 5.24. The van der Waals surface area contributed by atoms with Gasteiger partial charge in [-0.25, -0.2) is 4.98 Å². The van der Waals surface area contributed by atoms with Crippen molar-refractivity contribution >= 4 is 11.8 Å². The predicted molar refractivity (Wildman–Crippen MR) is 89.7 cm³/mol. The molecular weight excluding hydrogens is 308 g/mol. The Kier molecular flexibility index (Phi) is 6.28. The lowest BCUT2D eigenvalue weighted by Crippen LogP contribution is -2.20. The van der Waals surface area contributed by atoms with Gasteiger partial charge in [0.25, 0.3) is 0 Å². The Balaban J connectivity index is 1.69. The van der Waals surface area contributed by atoms with Gasteiger partial charge < -0.3 is 14.9 Å². The topological polar surface area (TPSA) is 101 Å². The van der Waals surface area contributed by atoms with Gasteiger partial charge in [0, 0.05) is 25.6 Å². The molecule has 7 heteroatoms. The van der Waals surface area contributed by atoms with Gasteiger partial charge >= 0.3 is 5.97 Å². The van der Waals surface area contributed by atoms with Crippen LogP contribution in [0.5, 0.6) is 0 Å². The summed E-state index contributed by atoms with van der Waals surface area (Å²) in [7, 11) is 0. The first kappa shape index (κ1) is 17.9. The predicted octanol–water partition coefficient (Wildman–Crippen LogP) is 2.94. The number of hydrogen-bond donors (Lipinski definition) is 2. The molecule has 2 heterocycles. The smallest absolute Gasteiger partial charge is 0.303 e. The Hall–Kier alpha value is -2.44. The fraction of sp³-hybridized carbons (Fsp3) is 0.529. The lowest BCUT2D eigenvalue weighted by molar-refractivity contribution is -0.139. The van der Waals surface area contributed by atoms with Crippen LogP contribution in [0, 0.1) is 5.41 Å². The van der Waals surface area contributed by atoms with Crippen molar-refractivity contribution in [3.63, 3.8) is 0 Å². The van der Waals surface area contributed by atoms with Crippen LogP contribution in [-0.4, -0.2) is 32.7 Å². The van der Waals surface area contributed by atoms with E-state index in [0.717, 1.165) is 31.6 Å². The molecular formula is C17H24N4O3. The second kappa shape index (κ2) is 8.42. The number of carbonyl (C=O) groups is 1. The van der Waals surface area contributed by atoms with Gasteiger partial charge in [0.2, 0.25) is 5.89 Å². The molecule has 0 fully saturated rings. The van der Waals surface area contributed by atoms with E-state index in [2.05, 4.69) is 20.4 Å². The number of nitrogens with one attached hydrogen (secondary N) is 1. The van der Waals surface area contributed by atoms with Crippen molar-refractivity contribution in [2.24, 2.45) is 5.41 Å². The molecule has 2 N–H and O–H groups in total. The van der Waals surface area contributed by atoms with Crippen molar-refractivity contribution in [2.45, 2.75) is 46.0 Å². The standard InChI is InChI=1S/C17H24N4O3/c1-17(2,12-16(22)23)11-14-20-15(24-21-14)8-4-6-10-19-13-7-3-5-9-18-13/h3,5,7,9H,4,6,8,10-12H2,1-2H3,(H,18,19)(H,22,23). The van der Waals surface area contributed by atoms with E-state index in [-0.39, 0.29) is 11.8 Å². The average molecular weight is 332 g/mol. The normalized spacial score (nSPS) is 11.4. The molecule has 130 valence electrons. The summed E-state index contributed by atoms with van der Waals surface area (Å²) in [6.07, 6.45) is 4.95. The van der Waals surface area contributed by atoms with E-state index in [1.54, 1.807) is 6.20 Å². The number of pyridine rings is 1. The van der Waals surface area contributed by atoms with E-state index in [4.69, 9.17) is 9.63 Å². The van der Waals surface area contributed by atoms with E-state index in [9.17, 15) is 4.79 Å². The molecule has 0 atom stereocenters. The van der Waals surface area contributed by atoms with Gasteiger partial charge in [-0.15, -0.1) is 0 Å². The molecule has 0 aliphatic rings. The molecule has 0 spiro atoms. The highest BCUT2D eigenvalue weighted by Crippen LogP contribution is 2.24. The van der Waals surface area contributed by atoms with Crippen LogP contribution in [0.1, 0.15) is 44.8 Å². The van der Waals surface area contributed by atoms with Gasteiger partial charge in [-0.05, 0) is 30.4 Å². The first-order valence-corrected chi connectivity index (χ1v) is 8.13. The Morgan fingerprint density at radius 1 is 1.33 bits per heavy atom. The summed E-state index contributed by atoms with van der Waals surface area (Å²) in [5.74, 6) is 1.24. The van der Waals surface area contributed by atoms with Gasteiger partial charge in [0.1, 0.15) is 5.82 Å². The van der Waals surface area contributed by atoms with Crippen LogP contribution in [0.15, 0.2) is 28.9 Å². The molecule has 0 radical (unpaired) electrons. The summed E-state index contributed by atoms with van der Waals surface area (Å²) >= 11 is 0. The Morgan fingerprint density at radius 2 is 2.17 bits per heavy atom. The van der Waals surface area contributed by atoms with E-state index in [1.807, 2.05) is 32.0 Å². The largest absolute Gasteiger partial charge is 0.481 e. The third kappa shape index (κ3) is 6.36. The number of carboxylic acid groups (broad SMARTS) is 1. The third-order valence-corrected chi connectivity index (χ3v) is 3.57. The first-order chi connectivity index (χ1) is 11.4. The average Bonchev–Trinajstić information content (AvgIpc) is 2.93. The zero-order valence-corrected chi connectivity index (χ0v) is 14.2. The number of aliphatic carboxylic acids is 1. The number of hydrogen-bond acceptors (Lipinski definition) is 6. The highest BCUT2D eigenvalue weighted by atomic mass is 16.5. The van der Waals surface area contributed by atoms with Crippen LogP contribution in [0.4, 0.5) is 5.82 Å². The van der Waals surface area contributed by atoms with Gasteiger partial charge in [-0.3, -0.25) is 4.79 Å². The number of rotatable bonds is 10. The fourth-order valence-corrected chi connectivity index (χ4v) is 2.45. The minimum Gasteiger partial charge on any atom is -0.481 e. The summed E-state index contributed by atoms with van der Waals surface area (Å²) in [6, 6.07) is 5.76. The number of nitrogens with zero attached hydrogens (tertiary/aromatic N) is 3. The van der Waals surface area contributed by atoms with Crippen LogP contribution >= 0.6 is 0 Å². The van der Waals surface area contributed by atoms with Crippen LogP contribution < -0.4 is 5.32 Å². The van der Waals surface area contributed by atoms with Crippen molar-refractivity contribution in [1.82, 2.24) is 15.1 Å². The van der Waals surface area contributed by atoms with Gasteiger partial charge in [0.05, 0.1) is 6.42 Å². The number of carboxylic acids is 1. The molecule has 0 saturated heterocycles. The molecule has 0 aromatic carbocycles. The minimum absolute atomic E-state index is 0.0794. The molecule has 0 unspecified atom stereocenters. The van der Waals surface area contributed by atoms with Gasteiger partial charge in [0.15, 0.2) is 5.82 Å². The summed E-state index contributed by atoms with van der Waals surface area (Å²) in [4.78, 5) is 19.4. The van der Waals surface area contributed by atoms with Crippen molar-refractivity contribution in [2.75, 3.05) is 11.9 Å². The second-order valence-corrected chi connectivity index (χ2v) is 6.61. The summed E-state index contributed by atoms with van der Waals surface area (Å²) in [5.41, 5.74) is -0.389. The Morgan fingerprint density at radius 3 is 2.88 bits per heavy atom. The summed E-state index contributed by atoms with van der Waals surface area (Å²) in [5, 5.41) is 16.1. The van der Waals surface area contributed by atoms with E-state index < -0.39 is 5.97 Å². The molecule has 24 heavy (non-hydrogen) atoms. The number of unbranched alkanes of at least 4 members (excludes halogenated alkanes) is 1.